The second-order valence-electron chi connectivity index (χ2n) is 4.48. The highest BCUT2D eigenvalue weighted by atomic mass is 16.3. The zero-order valence-electron chi connectivity index (χ0n) is 20.8. The number of aryl methyl sites for hydroxylation is 1. The van der Waals surface area contributed by atoms with Crippen LogP contribution in [0.15, 0.2) is 18.2 Å². The van der Waals surface area contributed by atoms with Crippen molar-refractivity contribution in [2.75, 3.05) is 19.5 Å². The molecule has 1 saturated heterocycles. The van der Waals surface area contributed by atoms with Gasteiger partial charge in [-0.2, -0.15) is 0 Å². The maximum Gasteiger partial charge on any atom is 0.167 e. The monoisotopic (exact) mass is 271 g/mol. The Morgan fingerprint density at radius 3 is 2.74 bits per heavy atom. The summed E-state index contributed by atoms with van der Waals surface area (Å²) < 4.78 is 79.6. The van der Waals surface area contributed by atoms with Crippen LogP contribution in [-0.4, -0.2) is 35.3 Å². The molecule has 0 amide bonds. The fourth-order valence-corrected chi connectivity index (χ4v) is 1.75. The van der Waals surface area contributed by atoms with Crippen LogP contribution in [-0.2, 0) is 0 Å². The minimum absolute atomic E-state index is 0.0834. The number of rotatable bonds is 4. The van der Waals surface area contributed by atoms with Gasteiger partial charge in [0.25, 0.3) is 0 Å². The number of benzene rings is 1. The van der Waals surface area contributed by atoms with E-state index in [-0.39, 0.29) is 16.2 Å². The topological polar surface area (TPSA) is 40.5 Å². The van der Waals surface area contributed by atoms with Gasteiger partial charge in [0.05, 0.1) is 0 Å². The van der Waals surface area contributed by atoms with Crippen molar-refractivity contribution >= 4 is 5.78 Å². The van der Waals surface area contributed by atoms with Crippen molar-refractivity contribution in [1.82, 2.24) is 4.90 Å². The molecule has 0 aliphatic carbocycles. The summed E-state index contributed by atoms with van der Waals surface area (Å²) in [5.41, 5.74) is 0.613. The number of hydrogen-bond donors (Lipinski definition) is 1. The quantitative estimate of drug-likeness (QED) is 0.856. The highest BCUT2D eigenvalue weighted by Gasteiger charge is 2.20. The van der Waals surface area contributed by atoms with Crippen molar-refractivity contribution in [3.05, 3.63) is 29.3 Å². The van der Waals surface area contributed by atoms with E-state index in [1.807, 2.05) is 0 Å². The third-order valence-electron chi connectivity index (χ3n) is 2.90. The number of aromatic hydroxyl groups is 1. The Morgan fingerprint density at radius 1 is 1.42 bits per heavy atom. The van der Waals surface area contributed by atoms with Crippen molar-refractivity contribution in [3.63, 3.8) is 0 Å². The van der Waals surface area contributed by atoms with E-state index in [9.17, 15) is 9.90 Å². The van der Waals surface area contributed by atoms with Crippen LogP contribution in [0.25, 0.3) is 0 Å². The van der Waals surface area contributed by atoms with Crippen molar-refractivity contribution in [1.29, 1.82) is 0 Å². The molecular weight excluding hydrogens is 238 g/mol. The predicted molar refractivity (Wildman–Crippen MR) is 76.6 cm³/mol. The molecule has 1 aliphatic heterocycles. The molecule has 1 fully saturated rings. The average molecular weight is 271 g/mol. The van der Waals surface area contributed by atoms with Crippen LogP contribution < -0.4 is 0 Å². The van der Waals surface area contributed by atoms with Crippen LogP contribution in [0.2, 0.25) is 0 Å². The summed E-state index contributed by atoms with van der Waals surface area (Å²) in [7, 11) is 0. The number of nitrogens with zero attached hydrogens (tertiary/aromatic N) is 1. The van der Waals surface area contributed by atoms with E-state index >= 15 is 0 Å². The standard InChI is InChI=1S/C16H23NO2/c1-12-6-7-14(10-15(12)18)16(19)13(2)11-17-8-4-3-5-9-17/h6-7,10,13,18H,3-5,8-9,11H2,1-2H3/i3D2,4D2,5D2,8D2,9D2. The third-order valence-corrected chi connectivity index (χ3v) is 2.90. The van der Waals surface area contributed by atoms with Gasteiger partial charge < -0.3 is 10.0 Å². The molecule has 1 N–H and O–H groups in total. The van der Waals surface area contributed by atoms with Gasteiger partial charge in [-0.3, -0.25) is 4.79 Å². The first-order valence-corrected chi connectivity index (χ1v) is 5.95. The first-order valence-electron chi connectivity index (χ1n) is 11.0. The van der Waals surface area contributed by atoms with Gasteiger partial charge in [0.1, 0.15) is 5.75 Å². The Hall–Kier alpha value is -1.35. The molecule has 2 rings (SSSR count). The van der Waals surface area contributed by atoms with Crippen LogP contribution in [0.5, 0.6) is 5.75 Å². The maximum atomic E-state index is 12.7. The number of ketones is 1. The molecule has 1 aliphatic rings. The van der Waals surface area contributed by atoms with Gasteiger partial charge in [0.2, 0.25) is 0 Å². The summed E-state index contributed by atoms with van der Waals surface area (Å²) in [6.07, 6.45) is -10.3. The summed E-state index contributed by atoms with van der Waals surface area (Å²) in [5.74, 6) is -1.81. The molecule has 0 aromatic heterocycles. The van der Waals surface area contributed by atoms with Crippen LogP contribution in [0.4, 0.5) is 0 Å². The Morgan fingerprint density at radius 2 is 2.11 bits per heavy atom. The van der Waals surface area contributed by atoms with Crippen LogP contribution in [0, 0.1) is 12.8 Å². The lowest BCUT2D eigenvalue weighted by Crippen LogP contribution is -2.35. The molecule has 1 aromatic carbocycles. The molecule has 0 saturated carbocycles. The Labute approximate surface area is 129 Å². The Balaban J connectivity index is 2.46. The lowest BCUT2D eigenvalue weighted by atomic mass is 9.97. The maximum absolute atomic E-state index is 12.7. The molecule has 3 heteroatoms. The molecule has 3 nitrogen and oxygen atoms in total. The molecule has 104 valence electrons. The minimum Gasteiger partial charge on any atom is -0.508 e. The fourth-order valence-electron chi connectivity index (χ4n) is 1.75. The molecule has 1 heterocycles. The SMILES string of the molecule is [2H]C1([2H])N(CC(C)C(=O)c2ccc(C)c(O)c2)C([2H])([2H])C([2H])([2H])C([2H])([2H])C1([2H])[2H]. The van der Waals surface area contributed by atoms with E-state index in [2.05, 4.69) is 0 Å². The number of Topliss-reactive ketones (excluding diaryl/α,β-unsaturated/α-hetero) is 1. The minimum atomic E-state index is -3.49. The average Bonchev–Trinajstić information content (AvgIpc) is 2.59. The van der Waals surface area contributed by atoms with Gasteiger partial charge in [-0.1, -0.05) is 25.4 Å². The van der Waals surface area contributed by atoms with Crippen molar-refractivity contribution in [3.8, 4) is 5.75 Å². The number of phenolic OH excluding ortho intramolecular Hbond substituents is 1. The number of piperidine rings is 1. The van der Waals surface area contributed by atoms with Crippen molar-refractivity contribution < 1.29 is 23.6 Å². The number of carbonyl (C=O) groups excluding carboxylic acids is 1. The van der Waals surface area contributed by atoms with Gasteiger partial charge in [0, 0.05) is 31.7 Å². The molecule has 0 bridgehead atoms. The normalized spacial score (nSPS) is 39.3. The molecule has 19 heavy (non-hydrogen) atoms. The van der Waals surface area contributed by atoms with E-state index in [1.165, 1.54) is 25.1 Å². The van der Waals surface area contributed by atoms with Gasteiger partial charge in [-0.05, 0) is 44.3 Å². The molecule has 1 unspecified atom stereocenters. The van der Waals surface area contributed by atoms with Gasteiger partial charge in [0.15, 0.2) is 5.78 Å². The van der Waals surface area contributed by atoms with Crippen LogP contribution >= 0.6 is 0 Å². The van der Waals surface area contributed by atoms with Crippen molar-refractivity contribution in [2.24, 2.45) is 5.92 Å². The Kier molecular flexibility index (Phi) is 1.94. The highest BCUT2D eigenvalue weighted by molar-refractivity contribution is 5.98. The number of likely N-dealkylation sites (tertiary alicyclic amines) is 1. The smallest absolute Gasteiger partial charge is 0.167 e. The van der Waals surface area contributed by atoms with E-state index in [0.717, 1.165) is 0 Å². The number of phenols is 1. The summed E-state index contributed by atoms with van der Waals surface area (Å²) in [6.45, 7) is -4.24. The number of hydrogen-bond acceptors (Lipinski definition) is 3. The van der Waals surface area contributed by atoms with Gasteiger partial charge in [-0.25, -0.2) is 0 Å². The lowest BCUT2D eigenvalue weighted by molar-refractivity contribution is 0.0883. The van der Waals surface area contributed by atoms with Crippen LogP contribution in [0.3, 0.4) is 0 Å². The molecule has 1 aromatic rings. The zero-order chi connectivity index (χ0) is 22.8. The first-order chi connectivity index (χ1) is 12.8. The number of carbonyl (C=O) groups is 1. The molecule has 1 atom stereocenters. The molecule has 0 radical (unpaired) electrons. The van der Waals surface area contributed by atoms with E-state index in [4.69, 9.17) is 13.7 Å². The summed E-state index contributed by atoms with van der Waals surface area (Å²) in [5, 5.41) is 9.79. The lowest BCUT2D eigenvalue weighted by Gasteiger charge is -2.28. The molecular formula is C16H23NO2. The summed E-state index contributed by atoms with van der Waals surface area (Å²) >= 11 is 0. The Bertz CT molecular complexity index is 794. The first kappa shape index (κ1) is 5.96. The third kappa shape index (κ3) is 3.57. The van der Waals surface area contributed by atoms with E-state index in [1.54, 1.807) is 6.92 Å². The van der Waals surface area contributed by atoms with Crippen LogP contribution in [0.1, 0.15) is 55.7 Å². The van der Waals surface area contributed by atoms with Gasteiger partial charge in [-0.15, -0.1) is 0 Å². The second-order valence-corrected chi connectivity index (χ2v) is 4.48. The predicted octanol–water partition coefficient (Wildman–Crippen LogP) is 3.01. The highest BCUT2D eigenvalue weighted by Crippen LogP contribution is 2.20. The van der Waals surface area contributed by atoms with Gasteiger partial charge >= 0.3 is 0 Å². The summed E-state index contributed by atoms with van der Waals surface area (Å²) in [6, 6.07) is 4.15. The van der Waals surface area contributed by atoms with Crippen molar-refractivity contribution in [2.45, 2.75) is 33.0 Å². The van der Waals surface area contributed by atoms with E-state index in [0.29, 0.717) is 5.56 Å². The second kappa shape index (κ2) is 6.20. The zero-order valence-corrected chi connectivity index (χ0v) is 10.8. The molecule has 0 spiro atoms. The van der Waals surface area contributed by atoms with E-state index < -0.39 is 50.4 Å². The fraction of sp³-hybridized carbons (Fsp3) is 0.562. The largest absolute Gasteiger partial charge is 0.508 e. The summed E-state index contributed by atoms with van der Waals surface area (Å²) in [4.78, 5) is 13.0.